The van der Waals surface area contributed by atoms with E-state index in [1.54, 1.807) is 11.3 Å². The Labute approximate surface area is 185 Å². The monoisotopic (exact) mass is 451 g/mol. The van der Waals surface area contributed by atoms with Gasteiger partial charge < -0.3 is 10.2 Å². The van der Waals surface area contributed by atoms with E-state index >= 15 is 0 Å². The van der Waals surface area contributed by atoms with Crippen LogP contribution in [0.4, 0.5) is 0 Å². The van der Waals surface area contributed by atoms with Crippen LogP contribution in [-0.2, 0) is 11.3 Å². The molecule has 1 aromatic heterocycles. The van der Waals surface area contributed by atoms with Gasteiger partial charge in [-0.1, -0.05) is 23.7 Å². The van der Waals surface area contributed by atoms with Gasteiger partial charge in [0, 0.05) is 48.5 Å². The van der Waals surface area contributed by atoms with E-state index in [2.05, 4.69) is 16.3 Å². The van der Waals surface area contributed by atoms with Gasteiger partial charge in [-0.15, -0.1) is 23.1 Å². The lowest BCUT2D eigenvalue weighted by atomic mass is 10.2. The Kier molecular flexibility index (Phi) is 8.00. The smallest absolute Gasteiger partial charge is 0.255 e. The second-order valence-electron chi connectivity index (χ2n) is 7.28. The average molecular weight is 452 g/mol. The van der Waals surface area contributed by atoms with Crippen LogP contribution in [0.25, 0.3) is 0 Å². The summed E-state index contributed by atoms with van der Waals surface area (Å²) in [6, 6.07) is 11.7. The van der Waals surface area contributed by atoms with Crippen molar-refractivity contribution in [2.75, 3.05) is 31.9 Å². The first-order chi connectivity index (χ1) is 13.9. The van der Waals surface area contributed by atoms with E-state index in [1.165, 1.54) is 16.6 Å². The molecule has 2 aromatic rings. The molecular formula is C21H26ClN3O2S2. The summed E-state index contributed by atoms with van der Waals surface area (Å²) in [4.78, 5) is 31.4. The van der Waals surface area contributed by atoms with E-state index in [0.717, 1.165) is 28.9 Å². The number of nitrogens with one attached hydrogen (secondary N) is 1. The van der Waals surface area contributed by atoms with Crippen LogP contribution >= 0.6 is 34.7 Å². The summed E-state index contributed by atoms with van der Waals surface area (Å²) in [5.41, 5.74) is 0.674. The predicted octanol–water partition coefficient (Wildman–Crippen LogP) is 3.98. The second kappa shape index (κ2) is 10.5. The summed E-state index contributed by atoms with van der Waals surface area (Å²) >= 11 is 9.03. The second-order valence-corrected chi connectivity index (χ2v) is 10.1. The number of carbonyl (C=O) groups excluding carboxylic acids is 2. The maximum Gasteiger partial charge on any atom is 0.255 e. The molecule has 156 valence electrons. The third kappa shape index (κ3) is 6.47. The number of hydrogen-bond donors (Lipinski definition) is 1. The highest BCUT2D eigenvalue weighted by molar-refractivity contribution is 8.00. The first-order valence-corrected chi connectivity index (χ1v) is 11.9. The Morgan fingerprint density at radius 1 is 1.14 bits per heavy atom. The Bertz CT molecular complexity index is 848. The fraction of sp³-hybridized carbons (Fsp3) is 0.429. The number of hydrogen-bond acceptors (Lipinski definition) is 5. The molecule has 0 radical (unpaired) electrons. The van der Waals surface area contributed by atoms with Gasteiger partial charge in [-0.2, -0.15) is 0 Å². The van der Waals surface area contributed by atoms with E-state index in [-0.39, 0.29) is 17.9 Å². The van der Waals surface area contributed by atoms with Crippen LogP contribution in [0.1, 0.15) is 29.1 Å². The molecule has 1 saturated heterocycles. The quantitative estimate of drug-likeness (QED) is 0.647. The highest BCUT2D eigenvalue weighted by atomic mass is 35.5. The minimum absolute atomic E-state index is 0.0189. The normalized spacial score (nSPS) is 15.0. The number of halogens is 1. The molecule has 1 fully saturated rings. The minimum atomic E-state index is -0.0189. The van der Waals surface area contributed by atoms with Gasteiger partial charge >= 0.3 is 0 Å². The highest BCUT2D eigenvalue weighted by Gasteiger charge is 2.24. The summed E-state index contributed by atoms with van der Waals surface area (Å²) in [5.74, 6) is 0.324. The number of thiophene rings is 1. The first kappa shape index (κ1) is 22.2. The Morgan fingerprint density at radius 2 is 1.86 bits per heavy atom. The van der Waals surface area contributed by atoms with Crippen LogP contribution in [0.3, 0.4) is 0 Å². The molecule has 1 aliphatic rings. The number of carbonyl (C=O) groups is 2. The highest BCUT2D eigenvalue weighted by Crippen LogP contribution is 2.25. The average Bonchev–Trinajstić information content (AvgIpc) is 3.11. The Morgan fingerprint density at radius 3 is 2.52 bits per heavy atom. The molecule has 1 N–H and O–H groups in total. The van der Waals surface area contributed by atoms with Gasteiger partial charge in [0.2, 0.25) is 5.91 Å². The number of benzene rings is 1. The van der Waals surface area contributed by atoms with Gasteiger partial charge in [-0.05, 0) is 38.1 Å². The lowest BCUT2D eigenvalue weighted by Gasteiger charge is -2.34. The largest absolute Gasteiger partial charge is 0.353 e. The van der Waals surface area contributed by atoms with Crippen molar-refractivity contribution in [3.05, 3.63) is 51.2 Å². The number of thioether (sulfide) groups is 1. The van der Waals surface area contributed by atoms with Crippen molar-refractivity contribution in [2.45, 2.75) is 31.3 Å². The number of rotatable bonds is 7. The number of nitrogens with zero attached hydrogens (tertiary/aromatic N) is 2. The zero-order chi connectivity index (χ0) is 20.8. The molecule has 0 spiro atoms. The number of piperazine rings is 1. The Balaban J connectivity index is 1.56. The van der Waals surface area contributed by atoms with Crippen molar-refractivity contribution >= 4 is 46.5 Å². The van der Waals surface area contributed by atoms with Crippen molar-refractivity contribution in [2.24, 2.45) is 0 Å². The van der Waals surface area contributed by atoms with E-state index in [9.17, 15) is 9.59 Å². The topological polar surface area (TPSA) is 52.7 Å². The van der Waals surface area contributed by atoms with E-state index in [0.29, 0.717) is 24.4 Å². The van der Waals surface area contributed by atoms with Crippen LogP contribution < -0.4 is 5.32 Å². The summed E-state index contributed by atoms with van der Waals surface area (Å²) < 4.78 is 0.810. The van der Waals surface area contributed by atoms with Gasteiger partial charge in [0.05, 0.1) is 15.7 Å². The van der Waals surface area contributed by atoms with E-state index < -0.39 is 0 Å². The minimum Gasteiger partial charge on any atom is -0.353 e. The fourth-order valence-electron chi connectivity index (χ4n) is 3.21. The standard InChI is InChI=1S/C21H26ClN3O2S2/c1-15(2)23-20(26)14-28-18-6-4-3-5-17(18)21(27)25-11-9-24(10-12-25)13-16-7-8-19(22)29-16/h3-8,15H,9-14H2,1-2H3,(H,23,26). The summed E-state index contributed by atoms with van der Waals surface area (Å²) in [6.45, 7) is 7.83. The fourth-order valence-corrected chi connectivity index (χ4v) is 5.20. The van der Waals surface area contributed by atoms with Crippen molar-refractivity contribution in [3.63, 3.8) is 0 Å². The zero-order valence-electron chi connectivity index (χ0n) is 16.7. The van der Waals surface area contributed by atoms with E-state index in [4.69, 9.17) is 11.6 Å². The molecule has 0 unspecified atom stereocenters. The molecule has 8 heteroatoms. The van der Waals surface area contributed by atoms with Crippen molar-refractivity contribution < 1.29 is 9.59 Å². The SMILES string of the molecule is CC(C)NC(=O)CSc1ccccc1C(=O)N1CCN(Cc2ccc(Cl)s2)CC1. The third-order valence-corrected chi connectivity index (χ3v) is 6.88. The van der Waals surface area contributed by atoms with Crippen LogP contribution in [0, 0.1) is 0 Å². The summed E-state index contributed by atoms with van der Waals surface area (Å²) in [7, 11) is 0. The summed E-state index contributed by atoms with van der Waals surface area (Å²) in [5, 5.41) is 2.88. The maximum absolute atomic E-state index is 13.1. The Hall–Kier alpha value is -1.54. The molecule has 0 aliphatic carbocycles. The molecule has 0 bridgehead atoms. The molecular weight excluding hydrogens is 426 g/mol. The maximum atomic E-state index is 13.1. The molecule has 5 nitrogen and oxygen atoms in total. The van der Waals surface area contributed by atoms with Crippen LogP contribution in [-0.4, -0.2) is 59.6 Å². The molecule has 3 rings (SSSR count). The van der Waals surface area contributed by atoms with Crippen LogP contribution in [0.15, 0.2) is 41.3 Å². The molecule has 1 aromatic carbocycles. The zero-order valence-corrected chi connectivity index (χ0v) is 19.1. The van der Waals surface area contributed by atoms with Gasteiger partial charge in [0.15, 0.2) is 0 Å². The van der Waals surface area contributed by atoms with Crippen molar-refractivity contribution in [1.82, 2.24) is 15.1 Å². The molecule has 2 amide bonds. The van der Waals surface area contributed by atoms with Gasteiger partial charge in [0.25, 0.3) is 5.91 Å². The number of amides is 2. The first-order valence-electron chi connectivity index (χ1n) is 9.69. The molecule has 29 heavy (non-hydrogen) atoms. The van der Waals surface area contributed by atoms with Crippen molar-refractivity contribution in [3.8, 4) is 0 Å². The third-order valence-electron chi connectivity index (χ3n) is 4.59. The van der Waals surface area contributed by atoms with Gasteiger partial charge in [-0.3, -0.25) is 14.5 Å². The molecule has 1 aliphatic heterocycles. The predicted molar refractivity (Wildman–Crippen MR) is 121 cm³/mol. The van der Waals surface area contributed by atoms with Crippen LogP contribution in [0.2, 0.25) is 4.34 Å². The lowest BCUT2D eigenvalue weighted by Crippen LogP contribution is -2.48. The summed E-state index contributed by atoms with van der Waals surface area (Å²) in [6.07, 6.45) is 0. The molecule has 0 saturated carbocycles. The van der Waals surface area contributed by atoms with E-state index in [1.807, 2.05) is 49.1 Å². The molecule has 2 heterocycles. The van der Waals surface area contributed by atoms with Gasteiger partial charge in [-0.25, -0.2) is 0 Å². The lowest BCUT2D eigenvalue weighted by molar-refractivity contribution is -0.119. The van der Waals surface area contributed by atoms with Crippen LogP contribution in [0.5, 0.6) is 0 Å². The van der Waals surface area contributed by atoms with Gasteiger partial charge in [0.1, 0.15) is 0 Å². The molecule has 0 atom stereocenters. The van der Waals surface area contributed by atoms with Crippen molar-refractivity contribution in [1.29, 1.82) is 0 Å².